The largest absolute Gasteiger partial charge is 0.450 e. The molecule has 8 nitrogen and oxygen atoms in total. The summed E-state index contributed by atoms with van der Waals surface area (Å²) in [6.07, 6.45) is -1.22. The summed E-state index contributed by atoms with van der Waals surface area (Å²) in [6.45, 7) is 16.4. The van der Waals surface area contributed by atoms with Gasteiger partial charge in [0.15, 0.2) is 0 Å². The summed E-state index contributed by atoms with van der Waals surface area (Å²) in [7, 11) is -1.37. The highest BCUT2D eigenvalue weighted by atomic mass is 28.3. The van der Waals surface area contributed by atoms with Crippen LogP contribution in [0.2, 0.25) is 25.7 Å². The van der Waals surface area contributed by atoms with Crippen LogP contribution in [0.15, 0.2) is 30.3 Å². The molecule has 2 saturated heterocycles. The van der Waals surface area contributed by atoms with Gasteiger partial charge in [0.05, 0.1) is 31.3 Å². The first-order valence-electron chi connectivity index (χ1n) is 12.9. The second kappa shape index (κ2) is 10.7. The highest BCUT2D eigenvalue weighted by Crippen LogP contribution is 2.40. The molecular formula is C27H44N2O6Si. The number of aliphatic hydroxyl groups excluding tert-OH is 1. The highest BCUT2D eigenvalue weighted by molar-refractivity contribution is 6.76. The minimum atomic E-state index is -1.37. The average Bonchev–Trinajstić information content (AvgIpc) is 3.23. The van der Waals surface area contributed by atoms with Gasteiger partial charge in [-0.15, -0.1) is 0 Å². The summed E-state index contributed by atoms with van der Waals surface area (Å²) in [6, 6.07) is 9.98. The van der Waals surface area contributed by atoms with Gasteiger partial charge in [-0.2, -0.15) is 0 Å². The van der Waals surface area contributed by atoms with Gasteiger partial charge in [-0.3, -0.25) is 9.80 Å². The molecule has 1 N–H and O–H groups in total. The Morgan fingerprint density at radius 2 is 1.78 bits per heavy atom. The van der Waals surface area contributed by atoms with Crippen LogP contribution < -0.4 is 0 Å². The van der Waals surface area contributed by atoms with E-state index >= 15 is 0 Å². The third kappa shape index (κ3) is 7.23. The van der Waals surface area contributed by atoms with Gasteiger partial charge >= 0.3 is 12.2 Å². The first-order valence-corrected chi connectivity index (χ1v) is 16.6. The second-order valence-corrected chi connectivity index (χ2v) is 18.3. The molecule has 4 unspecified atom stereocenters. The maximum Gasteiger partial charge on any atom is 0.412 e. The molecule has 3 rings (SSSR count). The number of benzene rings is 1. The van der Waals surface area contributed by atoms with E-state index in [1.807, 2.05) is 65.0 Å². The van der Waals surface area contributed by atoms with E-state index in [1.165, 1.54) is 0 Å². The van der Waals surface area contributed by atoms with Crippen molar-refractivity contribution in [1.82, 2.24) is 9.80 Å². The number of likely N-dealkylation sites (tertiary alicyclic amines) is 1. The summed E-state index contributed by atoms with van der Waals surface area (Å²) in [5.41, 5.74) is -0.565. The van der Waals surface area contributed by atoms with Crippen LogP contribution in [0, 0.1) is 0 Å². The van der Waals surface area contributed by atoms with Crippen molar-refractivity contribution in [3.63, 3.8) is 0 Å². The average molecular weight is 521 g/mol. The molecule has 4 atom stereocenters. The van der Waals surface area contributed by atoms with Crippen molar-refractivity contribution in [3.8, 4) is 0 Å². The van der Waals surface area contributed by atoms with Crippen LogP contribution in [0.4, 0.5) is 9.59 Å². The molecule has 0 aromatic heterocycles. The number of hydrogen-bond donors (Lipinski definition) is 1. The van der Waals surface area contributed by atoms with E-state index in [1.54, 1.807) is 9.80 Å². The van der Waals surface area contributed by atoms with Gasteiger partial charge in [-0.25, -0.2) is 9.59 Å². The molecule has 0 bridgehead atoms. The van der Waals surface area contributed by atoms with Crippen LogP contribution in [0.3, 0.4) is 0 Å². The van der Waals surface area contributed by atoms with Crippen molar-refractivity contribution in [2.45, 2.75) is 109 Å². The van der Waals surface area contributed by atoms with Crippen molar-refractivity contribution in [2.24, 2.45) is 0 Å². The normalized spacial score (nSPS) is 26.2. The Balaban J connectivity index is 1.91. The fourth-order valence-corrected chi connectivity index (χ4v) is 5.68. The number of β-amino-alcohol motifs (C(OH)–C–C–N with tert-alkyl or cyclic N) is 1. The Labute approximate surface area is 216 Å². The molecule has 202 valence electrons. The SMILES string of the molecule is CC(C)(C)OC(=O)N1CC(O)CC1C1OC(C)(C)N(C(=O)OCC[Si](C)(C)C)C1Cc1ccccc1. The number of aliphatic hydroxyl groups is 1. The molecule has 0 spiro atoms. The summed E-state index contributed by atoms with van der Waals surface area (Å²) in [5, 5.41) is 10.5. The van der Waals surface area contributed by atoms with Crippen molar-refractivity contribution >= 4 is 20.3 Å². The molecule has 2 aliphatic heterocycles. The molecule has 0 aliphatic carbocycles. The minimum absolute atomic E-state index is 0.165. The van der Waals surface area contributed by atoms with E-state index in [9.17, 15) is 14.7 Å². The lowest BCUT2D eigenvalue weighted by molar-refractivity contribution is -0.0860. The van der Waals surface area contributed by atoms with Gasteiger partial charge < -0.3 is 19.3 Å². The standard InChI is InChI=1S/C27H44N2O6Si/c1-26(2,3)35-24(31)28-18-20(30)17-21(28)23-22(16-19-12-10-9-11-13-19)29(27(4,5)34-23)25(32)33-14-15-36(6,7)8/h9-13,20-23,30H,14-18H2,1-8H3. The lowest BCUT2D eigenvalue weighted by Gasteiger charge is -2.34. The number of rotatable bonds is 6. The zero-order chi connectivity index (χ0) is 26.9. The topological polar surface area (TPSA) is 88.5 Å². The zero-order valence-corrected chi connectivity index (χ0v) is 24.1. The molecule has 36 heavy (non-hydrogen) atoms. The number of carbonyl (C=O) groups is 2. The fourth-order valence-electron chi connectivity index (χ4n) is 4.97. The van der Waals surface area contributed by atoms with Gasteiger partial charge in [-0.1, -0.05) is 50.0 Å². The molecule has 1 aromatic carbocycles. The predicted molar refractivity (Wildman–Crippen MR) is 142 cm³/mol. The van der Waals surface area contributed by atoms with E-state index in [2.05, 4.69) is 19.6 Å². The number of amides is 2. The maximum atomic E-state index is 13.5. The molecule has 0 saturated carbocycles. The Bertz CT molecular complexity index is 911. The van der Waals surface area contributed by atoms with E-state index < -0.39 is 49.8 Å². The predicted octanol–water partition coefficient (Wildman–Crippen LogP) is 4.88. The van der Waals surface area contributed by atoms with Crippen LogP contribution in [0.25, 0.3) is 0 Å². The van der Waals surface area contributed by atoms with Crippen LogP contribution in [0.5, 0.6) is 0 Å². The zero-order valence-electron chi connectivity index (χ0n) is 23.1. The van der Waals surface area contributed by atoms with Gasteiger partial charge in [0.1, 0.15) is 17.4 Å². The Morgan fingerprint density at radius 1 is 1.14 bits per heavy atom. The van der Waals surface area contributed by atoms with E-state index in [4.69, 9.17) is 14.2 Å². The molecule has 1 aromatic rings. The fraction of sp³-hybridized carbons (Fsp3) is 0.704. The van der Waals surface area contributed by atoms with E-state index in [0.717, 1.165) is 11.6 Å². The van der Waals surface area contributed by atoms with Crippen LogP contribution >= 0.6 is 0 Å². The number of nitrogens with zero attached hydrogens (tertiary/aromatic N) is 2. The molecule has 2 amide bonds. The summed E-state index contributed by atoms with van der Waals surface area (Å²) in [5.74, 6) is 0. The van der Waals surface area contributed by atoms with Gasteiger partial charge in [0.2, 0.25) is 0 Å². The molecule has 2 fully saturated rings. The van der Waals surface area contributed by atoms with Gasteiger partial charge in [-0.05, 0) is 59.1 Å². The lowest BCUT2D eigenvalue weighted by atomic mass is 9.94. The summed E-state index contributed by atoms with van der Waals surface area (Å²) in [4.78, 5) is 29.8. The molecule has 2 heterocycles. The van der Waals surface area contributed by atoms with E-state index in [0.29, 0.717) is 19.4 Å². The molecule has 0 radical (unpaired) electrons. The van der Waals surface area contributed by atoms with Crippen LogP contribution in [-0.4, -0.2) is 83.9 Å². The third-order valence-corrected chi connectivity index (χ3v) is 8.31. The summed E-state index contributed by atoms with van der Waals surface area (Å²) < 4.78 is 17.9. The minimum Gasteiger partial charge on any atom is -0.450 e. The Kier molecular flexibility index (Phi) is 8.47. The second-order valence-electron chi connectivity index (χ2n) is 12.7. The van der Waals surface area contributed by atoms with Gasteiger partial charge in [0.25, 0.3) is 0 Å². The monoisotopic (exact) mass is 520 g/mol. The van der Waals surface area contributed by atoms with Crippen molar-refractivity contribution in [3.05, 3.63) is 35.9 Å². The first-order chi connectivity index (χ1) is 16.6. The van der Waals surface area contributed by atoms with Crippen molar-refractivity contribution < 1.29 is 28.9 Å². The van der Waals surface area contributed by atoms with Crippen molar-refractivity contribution in [1.29, 1.82) is 0 Å². The van der Waals surface area contributed by atoms with Crippen LogP contribution in [-0.2, 0) is 20.6 Å². The quantitative estimate of drug-likeness (QED) is 0.538. The Hall–Kier alpha value is -2.10. The highest BCUT2D eigenvalue weighted by Gasteiger charge is 2.56. The van der Waals surface area contributed by atoms with E-state index in [-0.39, 0.29) is 12.6 Å². The number of carbonyl (C=O) groups excluding carboxylic acids is 2. The number of hydrogen-bond acceptors (Lipinski definition) is 6. The van der Waals surface area contributed by atoms with Gasteiger partial charge in [0, 0.05) is 8.07 Å². The molecule has 9 heteroatoms. The third-order valence-electron chi connectivity index (χ3n) is 6.61. The maximum absolute atomic E-state index is 13.5. The van der Waals surface area contributed by atoms with Crippen molar-refractivity contribution in [2.75, 3.05) is 13.2 Å². The lowest BCUT2D eigenvalue weighted by Crippen LogP contribution is -2.52. The first kappa shape index (κ1) is 28.5. The number of ether oxygens (including phenoxy) is 3. The smallest absolute Gasteiger partial charge is 0.412 e. The Morgan fingerprint density at radius 3 is 2.36 bits per heavy atom. The molecular weight excluding hydrogens is 476 g/mol. The molecule has 2 aliphatic rings. The van der Waals surface area contributed by atoms with Crippen LogP contribution in [0.1, 0.15) is 46.6 Å². The summed E-state index contributed by atoms with van der Waals surface area (Å²) >= 11 is 0.